The van der Waals surface area contributed by atoms with Gasteiger partial charge in [0, 0.05) is 23.3 Å². The van der Waals surface area contributed by atoms with Crippen LogP contribution in [0.25, 0.3) is 0 Å². The highest BCUT2D eigenvalue weighted by atomic mass is 35.5. The molecule has 0 unspecified atom stereocenters. The summed E-state index contributed by atoms with van der Waals surface area (Å²) < 4.78 is 13.2. The average molecular weight is 376 g/mol. The minimum Gasteiger partial charge on any atom is -0.355 e. The predicted molar refractivity (Wildman–Crippen MR) is 98.3 cm³/mol. The zero-order chi connectivity index (χ0) is 17.8. The Bertz CT molecular complexity index is 934. The van der Waals surface area contributed by atoms with Gasteiger partial charge in [-0.3, -0.25) is 9.78 Å². The van der Waals surface area contributed by atoms with Gasteiger partial charge < -0.3 is 10.6 Å². The number of aromatic nitrogens is 1. The lowest BCUT2D eigenvalue weighted by Crippen LogP contribution is -2.13. The summed E-state index contributed by atoms with van der Waals surface area (Å²) in [5.41, 5.74) is 1.89. The number of hydrogen-bond acceptors (Lipinski definition) is 3. The molecule has 1 heterocycles. The van der Waals surface area contributed by atoms with Crippen molar-refractivity contribution >= 4 is 46.2 Å². The number of nitrogens with one attached hydrogen (secondary N) is 2. The highest BCUT2D eigenvalue weighted by molar-refractivity contribution is 6.42. The van der Waals surface area contributed by atoms with Crippen LogP contribution in [0.4, 0.5) is 21.5 Å². The third-order valence-corrected chi connectivity index (χ3v) is 4.02. The summed E-state index contributed by atoms with van der Waals surface area (Å²) in [6.45, 7) is 0. The molecule has 3 rings (SSSR count). The zero-order valence-electron chi connectivity index (χ0n) is 12.8. The molecule has 0 aliphatic rings. The fraction of sp³-hybridized carbons (Fsp3) is 0. The molecule has 0 radical (unpaired) electrons. The van der Waals surface area contributed by atoms with Gasteiger partial charge in [-0.05, 0) is 48.5 Å². The number of anilines is 3. The minimum atomic E-state index is -0.402. The number of nitrogens with zero attached hydrogens (tertiary/aromatic N) is 1. The SMILES string of the molecule is O=C(Nc1ccc(Cl)c(Cl)c1)c1cc(Nc2cccc(F)c2)ccn1. The summed E-state index contributed by atoms with van der Waals surface area (Å²) in [5.74, 6) is -0.752. The molecule has 0 saturated carbocycles. The second kappa shape index (κ2) is 7.51. The number of pyridine rings is 1. The van der Waals surface area contributed by atoms with Gasteiger partial charge in [-0.25, -0.2) is 4.39 Å². The molecule has 4 nitrogen and oxygen atoms in total. The lowest BCUT2D eigenvalue weighted by atomic mass is 10.2. The van der Waals surface area contributed by atoms with E-state index >= 15 is 0 Å². The number of halogens is 3. The van der Waals surface area contributed by atoms with Crippen molar-refractivity contribution in [3.63, 3.8) is 0 Å². The molecule has 0 aliphatic heterocycles. The van der Waals surface area contributed by atoms with Gasteiger partial charge in [0.05, 0.1) is 10.0 Å². The van der Waals surface area contributed by atoms with Crippen LogP contribution < -0.4 is 10.6 Å². The van der Waals surface area contributed by atoms with Crippen LogP contribution in [0, 0.1) is 5.82 Å². The molecule has 2 N–H and O–H groups in total. The molecule has 0 bridgehead atoms. The summed E-state index contributed by atoms with van der Waals surface area (Å²) >= 11 is 11.8. The molecule has 0 atom stereocenters. The van der Waals surface area contributed by atoms with Gasteiger partial charge in [0.15, 0.2) is 0 Å². The zero-order valence-corrected chi connectivity index (χ0v) is 14.3. The summed E-state index contributed by atoms with van der Waals surface area (Å²) in [6, 6.07) is 14.1. The highest BCUT2D eigenvalue weighted by Gasteiger charge is 2.10. The minimum absolute atomic E-state index is 0.201. The van der Waals surface area contributed by atoms with E-state index in [9.17, 15) is 9.18 Å². The molecular weight excluding hydrogens is 364 g/mol. The van der Waals surface area contributed by atoms with Crippen LogP contribution in [0.5, 0.6) is 0 Å². The van der Waals surface area contributed by atoms with E-state index in [2.05, 4.69) is 15.6 Å². The average Bonchev–Trinajstić information content (AvgIpc) is 2.58. The normalized spacial score (nSPS) is 10.4. The fourth-order valence-electron chi connectivity index (χ4n) is 2.13. The standard InChI is InChI=1S/C18H12Cl2FN3O/c19-15-5-4-13(9-16(15)20)24-18(25)17-10-14(6-7-22-17)23-12-3-1-2-11(21)8-12/h1-10H,(H,22,23)(H,24,25). The van der Waals surface area contributed by atoms with Crippen molar-refractivity contribution in [3.8, 4) is 0 Å². The van der Waals surface area contributed by atoms with Crippen LogP contribution in [0.1, 0.15) is 10.5 Å². The molecule has 7 heteroatoms. The van der Waals surface area contributed by atoms with Crippen LogP contribution >= 0.6 is 23.2 Å². The third-order valence-electron chi connectivity index (χ3n) is 3.28. The lowest BCUT2D eigenvalue weighted by molar-refractivity contribution is 0.102. The number of carbonyl (C=O) groups excluding carboxylic acids is 1. The van der Waals surface area contributed by atoms with E-state index in [0.717, 1.165) is 0 Å². The van der Waals surface area contributed by atoms with Gasteiger partial charge >= 0.3 is 0 Å². The molecule has 2 aromatic carbocycles. The van der Waals surface area contributed by atoms with Crippen molar-refractivity contribution in [1.82, 2.24) is 4.98 Å². The highest BCUT2D eigenvalue weighted by Crippen LogP contribution is 2.25. The second-order valence-electron chi connectivity index (χ2n) is 5.15. The van der Waals surface area contributed by atoms with Gasteiger partial charge in [-0.1, -0.05) is 29.3 Å². The topological polar surface area (TPSA) is 54.0 Å². The maximum absolute atomic E-state index is 13.2. The molecule has 0 fully saturated rings. The molecule has 3 aromatic rings. The summed E-state index contributed by atoms with van der Waals surface area (Å²) in [4.78, 5) is 16.4. The Morgan fingerprint density at radius 2 is 1.72 bits per heavy atom. The van der Waals surface area contributed by atoms with Crippen LogP contribution in [0.3, 0.4) is 0 Å². The van der Waals surface area contributed by atoms with E-state index in [1.165, 1.54) is 18.3 Å². The van der Waals surface area contributed by atoms with Crippen molar-refractivity contribution < 1.29 is 9.18 Å². The smallest absolute Gasteiger partial charge is 0.274 e. The summed E-state index contributed by atoms with van der Waals surface area (Å²) in [6.07, 6.45) is 1.49. The number of hydrogen-bond donors (Lipinski definition) is 2. The van der Waals surface area contributed by atoms with Crippen molar-refractivity contribution in [2.24, 2.45) is 0 Å². The molecule has 25 heavy (non-hydrogen) atoms. The number of carbonyl (C=O) groups is 1. The Balaban J connectivity index is 1.76. The van der Waals surface area contributed by atoms with E-state index in [1.807, 2.05) is 0 Å². The number of rotatable bonds is 4. The van der Waals surface area contributed by atoms with Gasteiger partial charge in [0.25, 0.3) is 5.91 Å². The quantitative estimate of drug-likeness (QED) is 0.630. The van der Waals surface area contributed by atoms with Gasteiger partial charge in [0.2, 0.25) is 0 Å². The Kier molecular flexibility index (Phi) is 5.16. The molecule has 0 saturated heterocycles. The largest absolute Gasteiger partial charge is 0.355 e. The number of amides is 1. The Labute approximate surface area is 153 Å². The maximum Gasteiger partial charge on any atom is 0.274 e. The molecule has 1 amide bonds. The molecular formula is C18H12Cl2FN3O. The van der Waals surface area contributed by atoms with Gasteiger partial charge in [-0.15, -0.1) is 0 Å². The first-order chi connectivity index (χ1) is 12.0. The van der Waals surface area contributed by atoms with Crippen LogP contribution in [-0.2, 0) is 0 Å². The van der Waals surface area contributed by atoms with Crippen LogP contribution in [0.15, 0.2) is 60.8 Å². The first-order valence-electron chi connectivity index (χ1n) is 7.26. The first-order valence-corrected chi connectivity index (χ1v) is 8.02. The van der Waals surface area contributed by atoms with Gasteiger partial charge in [-0.2, -0.15) is 0 Å². The first kappa shape index (κ1) is 17.2. The predicted octanol–water partition coefficient (Wildman–Crippen LogP) is 5.52. The number of benzene rings is 2. The van der Waals surface area contributed by atoms with E-state index in [4.69, 9.17) is 23.2 Å². The van der Waals surface area contributed by atoms with E-state index in [-0.39, 0.29) is 11.5 Å². The fourth-order valence-corrected chi connectivity index (χ4v) is 2.43. The van der Waals surface area contributed by atoms with Crippen molar-refractivity contribution in [2.75, 3.05) is 10.6 Å². The molecule has 0 aliphatic carbocycles. The Morgan fingerprint density at radius 3 is 2.48 bits per heavy atom. The Hall–Kier alpha value is -2.63. The van der Waals surface area contributed by atoms with Crippen LogP contribution in [-0.4, -0.2) is 10.9 Å². The second-order valence-corrected chi connectivity index (χ2v) is 5.96. The van der Waals surface area contributed by atoms with E-state index in [0.29, 0.717) is 27.1 Å². The van der Waals surface area contributed by atoms with E-state index in [1.54, 1.807) is 42.5 Å². The summed E-state index contributed by atoms with van der Waals surface area (Å²) in [5, 5.41) is 6.46. The lowest BCUT2D eigenvalue weighted by Gasteiger charge is -2.09. The van der Waals surface area contributed by atoms with Crippen molar-refractivity contribution in [1.29, 1.82) is 0 Å². The molecule has 0 spiro atoms. The van der Waals surface area contributed by atoms with Crippen molar-refractivity contribution in [2.45, 2.75) is 0 Å². The molecule has 126 valence electrons. The van der Waals surface area contributed by atoms with Crippen LogP contribution in [0.2, 0.25) is 10.0 Å². The monoisotopic (exact) mass is 375 g/mol. The van der Waals surface area contributed by atoms with Gasteiger partial charge in [0.1, 0.15) is 11.5 Å². The van der Waals surface area contributed by atoms with E-state index < -0.39 is 5.91 Å². The third kappa shape index (κ3) is 4.47. The Morgan fingerprint density at radius 1 is 0.920 bits per heavy atom. The maximum atomic E-state index is 13.2. The van der Waals surface area contributed by atoms with Crippen molar-refractivity contribution in [3.05, 3.63) is 82.4 Å². The molecule has 1 aromatic heterocycles. The summed E-state index contributed by atoms with van der Waals surface area (Å²) in [7, 11) is 0.